The van der Waals surface area contributed by atoms with Crippen molar-refractivity contribution < 1.29 is 14.4 Å². The smallest absolute Gasteiger partial charge is 0.322 e. The number of imide groups is 1. The van der Waals surface area contributed by atoms with Gasteiger partial charge in [0, 0.05) is 24.8 Å². The zero-order valence-corrected chi connectivity index (χ0v) is 13.2. The molecule has 4 heterocycles. The number of amides is 4. The van der Waals surface area contributed by atoms with Crippen LogP contribution in [0.1, 0.15) is 23.2 Å². The number of aromatic nitrogens is 4. The van der Waals surface area contributed by atoms with Crippen LogP contribution in [-0.4, -0.2) is 61.1 Å². The summed E-state index contributed by atoms with van der Waals surface area (Å²) in [7, 11) is 0. The molecule has 2 aromatic rings. The van der Waals surface area contributed by atoms with Crippen LogP contribution in [0.3, 0.4) is 0 Å². The molecule has 2 saturated heterocycles. The number of pyridine rings is 1. The van der Waals surface area contributed by atoms with E-state index in [0.717, 1.165) is 0 Å². The van der Waals surface area contributed by atoms with Gasteiger partial charge in [0.15, 0.2) is 5.82 Å². The summed E-state index contributed by atoms with van der Waals surface area (Å²) in [6.07, 6.45) is 5.21. The number of likely N-dealkylation sites (tertiary alicyclic amines) is 1. The van der Waals surface area contributed by atoms with Crippen molar-refractivity contribution in [3.8, 4) is 5.82 Å². The van der Waals surface area contributed by atoms with Crippen molar-refractivity contribution in [1.29, 1.82) is 0 Å². The molecule has 0 radical (unpaired) electrons. The second-order valence-electron chi connectivity index (χ2n) is 6.03. The zero-order chi connectivity index (χ0) is 17.4. The fourth-order valence-corrected chi connectivity index (χ4v) is 3.16. The molecule has 0 unspecified atom stereocenters. The minimum absolute atomic E-state index is 0.150. The fraction of sp³-hybridized carbons (Fsp3) is 0.333. The lowest BCUT2D eigenvalue weighted by Gasteiger charge is -2.37. The number of hydrogen-bond acceptors (Lipinski definition) is 6. The lowest BCUT2D eigenvalue weighted by Crippen LogP contribution is -2.55. The molecule has 0 atom stereocenters. The van der Waals surface area contributed by atoms with Gasteiger partial charge in [0.05, 0.1) is 0 Å². The fourth-order valence-electron chi connectivity index (χ4n) is 3.16. The van der Waals surface area contributed by atoms with Crippen molar-refractivity contribution in [2.24, 2.45) is 0 Å². The van der Waals surface area contributed by atoms with Gasteiger partial charge in [0.2, 0.25) is 0 Å². The van der Waals surface area contributed by atoms with Crippen LogP contribution in [0.5, 0.6) is 0 Å². The first-order chi connectivity index (χ1) is 12.1. The first-order valence-corrected chi connectivity index (χ1v) is 7.81. The molecule has 0 aromatic carbocycles. The molecule has 10 nitrogen and oxygen atoms in total. The number of nitrogens with zero attached hydrogens (tertiary/aromatic N) is 5. The average molecular weight is 341 g/mol. The first kappa shape index (κ1) is 15.2. The number of carbonyl (C=O) groups excluding carboxylic acids is 3. The van der Waals surface area contributed by atoms with E-state index in [1.807, 2.05) is 0 Å². The number of hydrogen-bond donors (Lipinski definition) is 2. The Morgan fingerprint density at radius 3 is 2.68 bits per heavy atom. The Morgan fingerprint density at radius 2 is 2.04 bits per heavy atom. The van der Waals surface area contributed by atoms with Crippen LogP contribution in [0, 0.1) is 0 Å². The second-order valence-corrected chi connectivity index (χ2v) is 6.03. The predicted molar refractivity (Wildman–Crippen MR) is 83.7 cm³/mol. The maximum atomic E-state index is 12.7. The number of rotatable bonds is 2. The third-order valence-electron chi connectivity index (χ3n) is 4.56. The molecule has 0 saturated carbocycles. The quantitative estimate of drug-likeness (QED) is 0.709. The van der Waals surface area contributed by atoms with E-state index in [-0.39, 0.29) is 11.8 Å². The van der Waals surface area contributed by atoms with Gasteiger partial charge in [-0.15, -0.1) is 0 Å². The largest absolute Gasteiger partial charge is 0.338 e. The standard InChI is InChI=1S/C15H15N7O3/c23-12(10-1-4-17-11(7-10)22-9-16-8-18-22)21-5-2-15(3-6-21)13(24)19-14(25)20-15/h1,4,7-9H,2-3,5-6H2,(H2,19,20,24,25). The van der Waals surface area contributed by atoms with Gasteiger partial charge in [-0.25, -0.2) is 19.4 Å². The second kappa shape index (κ2) is 5.65. The summed E-state index contributed by atoms with van der Waals surface area (Å²) in [5.74, 6) is 0.0320. The Hall–Kier alpha value is -3.30. The molecule has 1 spiro atoms. The molecule has 2 aliphatic heterocycles. The summed E-state index contributed by atoms with van der Waals surface area (Å²) in [4.78, 5) is 45.8. The van der Waals surface area contributed by atoms with E-state index in [9.17, 15) is 14.4 Å². The van der Waals surface area contributed by atoms with E-state index in [2.05, 4.69) is 25.7 Å². The van der Waals surface area contributed by atoms with Gasteiger partial charge in [-0.05, 0) is 25.0 Å². The molecule has 25 heavy (non-hydrogen) atoms. The number of carbonyl (C=O) groups is 3. The molecular weight excluding hydrogens is 326 g/mol. The van der Waals surface area contributed by atoms with Gasteiger partial charge in [0.25, 0.3) is 11.8 Å². The first-order valence-electron chi connectivity index (χ1n) is 7.81. The Labute approximate surface area is 142 Å². The number of urea groups is 1. The average Bonchev–Trinajstić information content (AvgIpc) is 3.24. The number of piperidine rings is 1. The van der Waals surface area contributed by atoms with E-state index >= 15 is 0 Å². The molecule has 0 bridgehead atoms. The molecule has 4 rings (SSSR count). The van der Waals surface area contributed by atoms with Crippen LogP contribution >= 0.6 is 0 Å². The molecule has 128 valence electrons. The van der Waals surface area contributed by atoms with Crippen LogP contribution in [-0.2, 0) is 4.79 Å². The van der Waals surface area contributed by atoms with Crippen molar-refractivity contribution in [2.75, 3.05) is 13.1 Å². The summed E-state index contributed by atoms with van der Waals surface area (Å²) in [6.45, 7) is 0.765. The van der Waals surface area contributed by atoms with Crippen LogP contribution in [0.15, 0.2) is 31.0 Å². The van der Waals surface area contributed by atoms with Gasteiger partial charge in [-0.2, -0.15) is 5.10 Å². The van der Waals surface area contributed by atoms with E-state index < -0.39 is 11.6 Å². The summed E-state index contributed by atoms with van der Waals surface area (Å²) < 4.78 is 1.47. The minimum atomic E-state index is -0.891. The highest BCUT2D eigenvalue weighted by Crippen LogP contribution is 2.26. The van der Waals surface area contributed by atoms with E-state index in [4.69, 9.17) is 0 Å². The molecule has 10 heteroatoms. The highest BCUT2D eigenvalue weighted by Gasteiger charge is 2.48. The Balaban J connectivity index is 1.49. The van der Waals surface area contributed by atoms with Gasteiger partial charge >= 0.3 is 6.03 Å². The Bertz CT molecular complexity index is 841. The normalized spacial score (nSPS) is 19.0. The Morgan fingerprint density at radius 1 is 1.24 bits per heavy atom. The van der Waals surface area contributed by atoms with Crippen molar-refractivity contribution in [2.45, 2.75) is 18.4 Å². The molecule has 2 aliphatic rings. The summed E-state index contributed by atoms with van der Waals surface area (Å²) in [5, 5.41) is 8.94. The maximum Gasteiger partial charge on any atom is 0.322 e. The van der Waals surface area contributed by atoms with Gasteiger partial charge in [0.1, 0.15) is 18.2 Å². The van der Waals surface area contributed by atoms with Gasteiger partial charge in [-0.1, -0.05) is 0 Å². The van der Waals surface area contributed by atoms with Crippen LogP contribution in [0.25, 0.3) is 5.82 Å². The SMILES string of the molecule is O=C1NC(=O)C2(CCN(C(=O)c3ccnc(-n4cncn4)c3)CC2)N1. The highest BCUT2D eigenvalue weighted by atomic mass is 16.2. The van der Waals surface area contributed by atoms with E-state index in [1.165, 1.54) is 17.3 Å². The zero-order valence-electron chi connectivity index (χ0n) is 13.2. The summed E-state index contributed by atoms with van der Waals surface area (Å²) in [6, 6.07) is 2.80. The van der Waals surface area contributed by atoms with Crippen LogP contribution in [0.4, 0.5) is 4.79 Å². The molecule has 2 fully saturated rings. The molecule has 2 N–H and O–H groups in total. The minimum Gasteiger partial charge on any atom is -0.338 e. The molecule has 4 amide bonds. The molecule has 2 aromatic heterocycles. The molecule has 0 aliphatic carbocycles. The molecular formula is C15H15N7O3. The summed E-state index contributed by atoms with van der Waals surface area (Å²) in [5.41, 5.74) is -0.408. The third-order valence-corrected chi connectivity index (χ3v) is 4.56. The van der Waals surface area contributed by atoms with Crippen molar-refractivity contribution in [3.63, 3.8) is 0 Å². The van der Waals surface area contributed by atoms with Crippen molar-refractivity contribution in [3.05, 3.63) is 36.5 Å². The Kier molecular flexibility index (Phi) is 3.45. The summed E-state index contributed by atoms with van der Waals surface area (Å²) >= 11 is 0. The lowest BCUT2D eigenvalue weighted by atomic mass is 9.87. The topological polar surface area (TPSA) is 122 Å². The monoisotopic (exact) mass is 341 g/mol. The predicted octanol–water partition coefficient (Wildman–Crippen LogP) is -0.524. The van der Waals surface area contributed by atoms with E-state index in [1.54, 1.807) is 23.2 Å². The van der Waals surface area contributed by atoms with Crippen LogP contribution in [0.2, 0.25) is 0 Å². The maximum absolute atomic E-state index is 12.7. The third kappa shape index (κ3) is 2.61. The highest BCUT2D eigenvalue weighted by molar-refractivity contribution is 6.07. The van der Waals surface area contributed by atoms with Gasteiger partial charge in [-0.3, -0.25) is 14.9 Å². The van der Waals surface area contributed by atoms with Crippen molar-refractivity contribution in [1.82, 2.24) is 35.3 Å². The number of nitrogens with one attached hydrogen (secondary N) is 2. The van der Waals surface area contributed by atoms with Crippen LogP contribution < -0.4 is 10.6 Å². The van der Waals surface area contributed by atoms with Gasteiger partial charge < -0.3 is 10.2 Å². The van der Waals surface area contributed by atoms with E-state index in [0.29, 0.717) is 37.3 Å². The van der Waals surface area contributed by atoms with Crippen molar-refractivity contribution >= 4 is 17.8 Å². The lowest BCUT2D eigenvalue weighted by molar-refractivity contribution is -0.125.